The Morgan fingerprint density at radius 3 is 2.71 bits per heavy atom. The predicted octanol–water partition coefficient (Wildman–Crippen LogP) is 4.12. The number of halogens is 1. The summed E-state index contributed by atoms with van der Waals surface area (Å²) in [5, 5.41) is 6.49. The minimum atomic E-state index is -0.275. The number of carbonyl (C=O) groups excluding carboxylic acids is 1. The van der Waals surface area contributed by atoms with Gasteiger partial charge in [0.15, 0.2) is 0 Å². The first-order chi connectivity index (χ1) is 10.1. The predicted molar refractivity (Wildman–Crippen MR) is 87.2 cm³/mol. The number of nitrogens with zero attached hydrogens (tertiary/aromatic N) is 1. The number of nitrogens with one attached hydrogen (secondary N) is 2. The maximum absolute atomic E-state index is 12.1. The monoisotopic (exact) mass is 303 g/mol. The molecule has 2 aromatic rings. The fraction of sp³-hybridized carbons (Fsp3) is 0.250. The van der Waals surface area contributed by atoms with Gasteiger partial charge in [-0.15, -0.1) is 0 Å². The van der Waals surface area contributed by atoms with Crippen LogP contribution in [-0.4, -0.2) is 17.4 Å². The molecular formula is C16H18ClN3O. The molecule has 4 nitrogen and oxygen atoms in total. The zero-order valence-corrected chi connectivity index (χ0v) is 12.9. The molecule has 0 aliphatic rings. The number of aromatic nitrogens is 1. The van der Waals surface area contributed by atoms with E-state index in [9.17, 15) is 4.79 Å². The van der Waals surface area contributed by atoms with Crippen LogP contribution in [0.1, 0.15) is 29.4 Å². The van der Waals surface area contributed by atoms with E-state index in [0.29, 0.717) is 16.4 Å². The highest BCUT2D eigenvalue weighted by Crippen LogP contribution is 2.23. The minimum Gasteiger partial charge on any atom is -0.384 e. The lowest BCUT2D eigenvalue weighted by Crippen LogP contribution is -2.14. The topological polar surface area (TPSA) is 54.0 Å². The molecule has 2 rings (SSSR count). The molecule has 0 unspecified atom stereocenters. The first kappa shape index (κ1) is 15.3. The van der Waals surface area contributed by atoms with Crippen LogP contribution in [0.15, 0.2) is 36.5 Å². The zero-order chi connectivity index (χ0) is 15.2. The Hall–Kier alpha value is -2.07. The Labute approximate surface area is 129 Å². The van der Waals surface area contributed by atoms with Gasteiger partial charge in [0.25, 0.3) is 5.91 Å². The maximum atomic E-state index is 12.1. The van der Waals surface area contributed by atoms with Crippen LogP contribution in [-0.2, 0) is 0 Å². The van der Waals surface area contributed by atoms with E-state index in [1.807, 2.05) is 25.1 Å². The SMILES string of the molecule is CCCNc1ccc(C(=O)Nc2ccc(C)cc2Cl)nc1. The molecule has 0 fully saturated rings. The third-order valence-electron chi connectivity index (χ3n) is 2.95. The summed E-state index contributed by atoms with van der Waals surface area (Å²) in [5.74, 6) is -0.275. The van der Waals surface area contributed by atoms with E-state index >= 15 is 0 Å². The lowest BCUT2D eigenvalue weighted by molar-refractivity contribution is 0.102. The molecule has 0 aliphatic carbocycles. The highest BCUT2D eigenvalue weighted by Gasteiger charge is 2.09. The maximum Gasteiger partial charge on any atom is 0.274 e. The molecule has 0 radical (unpaired) electrons. The number of hydrogen-bond acceptors (Lipinski definition) is 3. The average Bonchev–Trinajstić information content (AvgIpc) is 2.48. The van der Waals surface area contributed by atoms with Gasteiger partial charge in [-0.05, 0) is 43.2 Å². The number of aryl methyl sites for hydroxylation is 1. The highest BCUT2D eigenvalue weighted by atomic mass is 35.5. The summed E-state index contributed by atoms with van der Waals surface area (Å²) in [7, 11) is 0. The van der Waals surface area contributed by atoms with Crippen molar-refractivity contribution in [2.24, 2.45) is 0 Å². The molecule has 0 saturated carbocycles. The van der Waals surface area contributed by atoms with Gasteiger partial charge in [-0.1, -0.05) is 24.6 Å². The number of benzene rings is 1. The Balaban J connectivity index is 2.06. The van der Waals surface area contributed by atoms with Crippen LogP contribution in [0.5, 0.6) is 0 Å². The van der Waals surface area contributed by atoms with Crippen molar-refractivity contribution in [3.8, 4) is 0 Å². The minimum absolute atomic E-state index is 0.275. The molecule has 1 amide bonds. The van der Waals surface area contributed by atoms with Gasteiger partial charge in [0.05, 0.1) is 22.6 Å². The van der Waals surface area contributed by atoms with Gasteiger partial charge in [-0.25, -0.2) is 4.98 Å². The summed E-state index contributed by atoms with van der Waals surface area (Å²) >= 11 is 6.10. The zero-order valence-electron chi connectivity index (χ0n) is 12.1. The second-order valence-corrected chi connectivity index (χ2v) is 5.20. The van der Waals surface area contributed by atoms with E-state index in [-0.39, 0.29) is 5.91 Å². The van der Waals surface area contributed by atoms with Gasteiger partial charge in [-0.2, -0.15) is 0 Å². The number of pyridine rings is 1. The summed E-state index contributed by atoms with van der Waals surface area (Å²) in [5.41, 5.74) is 2.89. The van der Waals surface area contributed by atoms with E-state index in [0.717, 1.165) is 24.2 Å². The third kappa shape index (κ3) is 4.20. The van der Waals surface area contributed by atoms with Crippen LogP contribution in [0.3, 0.4) is 0 Å². The van der Waals surface area contributed by atoms with E-state index in [4.69, 9.17) is 11.6 Å². The molecule has 110 valence electrons. The summed E-state index contributed by atoms with van der Waals surface area (Å²) in [6.45, 7) is 4.92. The molecule has 21 heavy (non-hydrogen) atoms. The fourth-order valence-corrected chi connectivity index (χ4v) is 2.09. The van der Waals surface area contributed by atoms with Crippen molar-refractivity contribution in [1.29, 1.82) is 0 Å². The van der Waals surface area contributed by atoms with Crippen molar-refractivity contribution in [2.75, 3.05) is 17.2 Å². The van der Waals surface area contributed by atoms with Crippen LogP contribution in [0.25, 0.3) is 0 Å². The molecule has 0 bridgehead atoms. The third-order valence-corrected chi connectivity index (χ3v) is 3.26. The summed E-state index contributed by atoms with van der Waals surface area (Å²) in [6, 6.07) is 9.02. The number of amides is 1. The molecule has 1 aromatic carbocycles. The Kier molecular flexibility index (Phi) is 5.17. The first-order valence-electron chi connectivity index (χ1n) is 6.87. The summed E-state index contributed by atoms with van der Waals surface area (Å²) in [6.07, 6.45) is 2.69. The normalized spacial score (nSPS) is 10.2. The van der Waals surface area contributed by atoms with Gasteiger partial charge >= 0.3 is 0 Å². The van der Waals surface area contributed by atoms with Crippen molar-refractivity contribution < 1.29 is 4.79 Å². The average molecular weight is 304 g/mol. The Bertz CT molecular complexity index is 626. The Morgan fingerprint density at radius 2 is 2.10 bits per heavy atom. The van der Waals surface area contributed by atoms with Crippen molar-refractivity contribution in [3.05, 3.63) is 52.8 Å². The van der Waals surface area contributed by atoms with Gasteiger partial charge in [0, 0.05) is 6.54 Å². The van der Waals surface area contributed by atoms with Crippen LogP contribution in [0.4, 0.5) is 11.4 Å². The van der Waals surface area contributed by atoms with E-state index < -0.39 is 0 Å². The largest absolute Gasteiger partial charge is 0.384 e. The van der Waals surface area contributed by atoms with E-state index in [1.54, 1.807) is 18.3 Å². The first-order valence-corrected chi connectivity index (χ1v) is 7.25. The lowest BCUT2D eigenvalue weighted by Gasteiger charge is -2.08. The number of anilines is 2. The molecule has 2 N–H and O–H groups in total. The molecule has 0 spiro atoms. The van der Waals surface area contributed by atoms with E-state index in [1.165, 1.54) is 0 Å². The molecular weight excluding hydrogens is 286 g/mol. The second-order valence-electron chi connectivity index (χ2n) is 4.80. The van der Waals surface area contributed by atoms with Crippen molar-refractivity contribution in [2.45, 2.75) is 20.3 Å². The summed E-state index contributed by atoms with van der Waals surface area (Å²) < 4.78 is 0. The molecule has 5 heteroatoms. The van der Waals surface area contributed by atoms with Gasteiger partial charge < -0.3 is 10.6 Å². The van der Waals surface area contributed by atoms with Crippen LogP contribution >= 0.6 is 11.6 Å². The lowest BCUT2D eigenvalue weighted by atomic mass is 10.2. The van der Waals surface area contributed by atoms with Gasteiger partial charge in [0.2, 0.25) is 0 Å². The number of hydrogen-bond donors (Lipinski definition) is 2. The van der Waals surface area contributed by atoms with Crippen molar-refractivity contribution in [1.82, 2.24) is 4.98 Å². The van der Waals surface area contributed by atoms with Gasteiger partial charge in [-0.3, -0.25) is 4.79 Å². The molecule has 0 atom stereocenters. The number of rotatable bonds is 5. The summed E-state index contributed by atoms with van der Waals surface area (Å²) in [4.78, 5) is 16.3. The fourth-order valence-electron chi connectivity index (χ4n) is 1.81. The second kappa shape index (κ2) is 7.09. The molecule has 1 heterocycles. The standard InChI is InChI=1S/C16H18ClN3O/c1-3-8-18-12-5-7-15(19-10-12)16(21)20-14-6-4-11(2)9-13(14)17/h4-7,9-10,18H,3,8H2,1-2H3,(H,20,21). The molecule has 0 saturated heterocycles. The molecule has 0 aliphatic heterocycles. The highest BCUT2D eigenvalue weighted by molar-refractivity contribution is 6.34. The van der Waals surface area contributed by atoms with Crippen LogP contribution < -0.4 is 10.6 Å². The van der Waals surface area contributed by atoms with Crippen LogP contribution in [0.2, 0.25) is 5.02 Å². The van der Waals surface area contributed by atoms with Crippen molar-refractivity contribution >= 4 is 28.9 Å². The van der Waals surface area contributed by atoms with Crippen molar-refractivity contribution in [3.63, 3.8) is 0 Å². The number of carbonyl (C=O) groups is 1. The smallest absolute Gasteiger partial charge is 0.274 e. The Morgan fingerprint density at radius 1 is 1.29 bits per heavy atom. The molecule has 1 aromatic heterocycles. The quantitative estimate of drug-likeness (QED) is 0.873. The van der Waals surface area contributed by atoms with Gasteiger partial charge in [0.1, 0.15) is 5.69 Å². The van der Waals surface area contributed by atoms with E-state index in [2.05, 4.69) is 22.5 Å². The van der Waals surface area contributed by atoms with Crippen LogP contribution in [0, 0.1) is 6.92 Å².